The van der Waals surface area contributed by atoms with Gasteiger partial charge >= 0.3 is 0 Å². The number of para-hydroxylation sites is 1. The van der Waals surface area contributed by atoms with Gasteiger partial charge in [0.2, 0.25) is 0 Å². The number of aryl methyl sites for hydroxylation is 2. The van der Waals surface area contributed by atoms with E-state index in [9.17, 15) is 4.79 Å². The molecule has 1 saturated heterocycles. The molecular formula is C25H29N3O. The number of likely N-dealkylation sites (tertiary alicyclic amines) is 1. The zero-order chi connectivity index (χ0) is 20.5. The number of carbonyl (C=O) groups is 1. The van der Waals surface area contributed by atoms with Crippen molar-refractivity contribution in [2.75, 3.05) is 13.1 Å². The quantitative estimate of drug-likeness (QED) is 0.707. The normalized spacial score (nSPS) is 18.1. The molecule has 1 aromatic heterocycles. The fourth-order valence-corrected chi connectivity index (χ4v) is 4.39. The molecular weight excluding hydrogens is 358 g/mol. The molecule has 2 unspecified atom stereocenters. The van der Waals surface area contributed by atoms with E-state index in [1.54, 1.807) is 0 Å². The minimum absolute atomic E-state index is 0.0833. The third kappa shape index (κ3) is 3.90. The van der Waals surface area contributed by atoms with Crippen LogP contribution in [0.5, 0.6) is 0 Å². The van der Waals surface area contributed by atoms with Gasteiger partial charge in [0.25, 0.3) is 5.91 Å². The first-order chi connectivity index (χ1) is 13.9. The Morgan fingerprint density at radius 3 is 2.72 bits per heavy atom. The molecule has 4 rings (SSSR count). The molecule has 0 aliphatic carbocycles. The Hall–Kier alpha value is -2.72. The topological polar surface area (TPSA) is 59.2 Å². The summed E-state index contributed by atoms with van der Waals surface area (Å²) in [7, 11) is 0. The maximum atomic E-state index is 13.6. The molecule has 2 heterocycles. The summed E-state index contributed by atoms with van der Waals surface area (Å²) in [6.45, 7) is 7.74. The Morgan fingerprint density at radius 2 is 1.97 bits per heavy atom. The van der Waals surface area contributed by atoms with E-state index in [1.165, 1.54) is 11.1 Å². The predicted molar refractivity (Wildman–Crippen MR) is 119 cm³/mol. The van der Waals surface area contributed by atoms with E-state index in [-0.39, 0.29) is 11.9 Å². The van der Waals surface area contributed by atoms with Crippen LogP contribution in [0.15, 0.2) is 48.5 Å². The lowest BCUT2D eigenvalue weighted by molar-refractivity contribution is 0.0663. The number of pyridine rings is 1. The first-order valence-corrected chi connectivity index (χ1v) is 10.5. The standard InChI is InChI=1S/C25H29N3O/c1-16-10-11-20(17(2)13-16)24-14-22(21-8-4-5-9-23(21)27-24)25(29)28-12-6-7-19(15-28)18(3)26/h4-5,8-11,13-14,18-19H,6-7,12,15,26H2,1-3H3. The molecule has 0 radical (unpaired) electrons. The Balaban J connectivity index is 1.80. The highest BCUT2D eigenvalue weighted by Crippen LogP contribution is 2.29. The highest BCUT2D eigenvalue weighted by Gasteiger charge is 2.27. The Labute approximate surface area is 172 Å². The van der Waals surface area contributed by atoms with E-state index < -0.39 is 0 Å². The summed E-state index contributed by atoms with van der Waals surface area (Å²) in [5, 5.41) is 0.911. The van der Waals surface area contributed by atoms with Gasteiger partial charge in [-0.15, -0.1) is 0 Å². The van der Waals surface area contributed by atoms with Gasteiger partial charge in [-0.3, -0.25) is 4.79 Å². The second kappa shape index (κ2) is 7.96. The first kappa shape index (κ1) is 19.6. The molecule has 150 valence electrons. The average Bonchev–Trinajstić information content (AvgIpc) is 2.72. The van der Waals surface area contributed by atoms with E-state index in [0.29, 0.717) is 5.92 Å². The van der Waals surface area contributed by atoms with E-state index in [2.05, 4.69) is 32.0 Å². The highest BCUT2D eigenvalue weighted by molar-refractivity contribution is 6.07. The van der Waals surface area contributed by atoms with Crippen molar-refractivity contribution in [1.82, 2.24) is 9.88 Å². The van der Waals surface area contributed by atoms with Crippen LogP contribution in [0, 0.1) is 19.8 Å². The van der Waals surface area contributed by atoms with Crippen LogP contribution in [-0.2, 0) is 0 Å². The summed E-state index contributed by atoms with van der Waals surface area (Å²) in [6, 6.07) is 16.4. The van der Waals surface area contributed by atoms with Gasteiger partial charge in [-0.1, -0.05) is 42.0 Å². The molecule has 2 aromatic carbocycles. The molecule has 3 aromatic rings. The Kier molecular flexibility index (Phi) is 5.37. The Morgan fingerprint density at radius 1 is 1.17 bits per heavy atom. The number of piperidine rings is 1. The highest BCUT2D eigenvalue weighted by atomic mass is 16.2. The molecule has 0 bridgehead atoms. The van der Waals surface area contributed by atoms with Gasteiger partial charge in [0.15, 0.2) is 0 Å². The lowest BCUT2D eigenvalue weighted by atomic mass is 9.91. The monoisotopic (exact) mass is 387 g/mol. The lowest BCUT2D eigenvalue weighted by Gasteiger charge is -2.35. The molecule has 0 spiro atoms. The molecule has 1 aliphatic rings. The number of amides is 1. The molecule has 2 atom stereocenters. The van der Waals surface area contributed by atoms with Crippen LogP contribution in [0.4, 0.5) is 0 Å². The van der Waals surface area contributed by atoms with Crippen molar-refractivity contribution in [3.05, 3.63) is 65.2 Å². The van der Waals surface area contributed by atoms with Crippen molar-refractivity contribution in [2.24, 2.45) is 11.7 Å². The first-order valence-electron chi connectivity index (χ1n) is 10.5. The van der Waals surface area contributed by atoms with Crippen LogP contribution in [0.3, 0.4) is 0 Å². The average molecular weight is 388 g/mol. The third-order valence-corrected chi connectivity index (χ3v) is 6.09. The lowest BCUT2D eigenvalue weighted by Crippen LogP contribution is -2.45. The van der Waals surface area contributed by atoms with Gasteiger partial charge in [0.05, 0.1) is 16.8 Å². The summed E-state index contributed by atoms with van der Waals surface area (Å²) >= 11 is 0. The third-order valence-electron chi connectivity index (χ3n) is 6.09. The number of carbonyl (C=O) groups excluding carboxylic acids is 1. The number of aromatic nitrogens is 1. The second-order valence-corrected chi connectivity index (χ2v) is 8.40. The molecule has 29 heavy (non-hydrogen) atoms. The fraction of sp³-hybridized carbons (Fsp3) is 0.360. The van der Waals surface area contributed by atoms with E-state index >= 15 is 0 Å². The van der Waals surface area contributed by atoms with E-state index in [0.717, 1.165) is 53.7 Å². The number of benzene rings is 2. The predicted octanol–water partition coefficient (Wildman–Crippen LogP) is 4.72. The van der Waals surface area contributed by atoms with Crippen LogP contribution >= 0.6 is 0 Å². The van der Waals surface area contributed by atoms with Crippen molar-refractivity contribution >= 4 is 16.8 Å². The molecule has 1 aliphatic heterocycles. The summed E-state index contributed by atoms with van der Waals surface area (Å²) in [6.07, 6.45) is 2.09. The van der Waals surface area contributed by atoms with Crippen LogP contribution in [0.1, 0.15) is 41.3 Å². The van der Waals surface area contributed by atoms with Crippen molar-refractivity contribution < 1.29 is 4.79 Å². The molecule has 4 heteroatoms. The van der Waals surface area contributed by atoms with Crippen molar-refractivity contribution in [1.29, 1.82) is 0 Å². The van der Waals surface area contributed by atoms with Crippen molar-refractivity contribution in [3.8, 4) is 11.3 Å². The largest absolute Gasteiger partial charge is 0.338 e. The van der Waals surface area contributed by atoms with Crippen LogP contribution < -0.4 is 5.73 Å². The van der Waals surface area contributed by atoms with Gasteiger partial charge in [-0.2, -0.15) is 0 Å². The van der Waals surface area contributed by atoms with Gasteiger partial charge in [0.1, 0.15) is 0 Å². The maximum absolute atomic E-state index is 13.6. The fourth-order valence-electron chi connectivity index (χ4n) is 4.39. The molecule has 2 N–H and O–H groups in total. The van der Waals surface area contributed by atoms with Gasteiger partial charge < -0.3 is 10.6 Å². The van der Waals surface area contributed by atoms with Crippen molar-refractivity contribution in [3.63, 3.8) is 0 Å². The number of hydrogen-bond donors (Lipinski definition) is 1. The summed E-state index contributed by atoms with van der Waals surface area (Å²) in [5.74, 6) is 0.444. The Bertz CT molecular complexity index is 1060. The SMILES string of the molecule is Cc1ccc(-c2cc(C(=O)N3CCCC(C(C)N)C3)c3ccccc3n2)c(C)c1. The van der Waals surface area contributed by atoms with Crippen molar-refractivity contribution in [2.45, 2.75) is 39.7 Å². The van der Waals surface area contributed by atoms with Crippen LogP contribution in [0.25, 0.3) is 22.2 Å². The number of rotatable bonds is 3. The van der Waals surface area contributed by atoms with Gasteiger partial charge in [0, 0.05) is 30.1 Å². The summed E-state index contributed by atoms with van der Waals surface area (Å²) in [4.78, 5) is 20.4. The molecule has 1 fully saturated rings. The van der Waals surface area contributed by atoms with E-state index in [4.69, 9.17) is 10.7 Å². The second-order valence-electron chi connectivity index (χ2n) is 8.40. The van der Waals surface area contributed by atoms with Gasteiger partial charge in [-0.05, 0) is 57.2 Å². The number of nitrogens with two attached hydrogens (primary N) is 1. The number of hydrogen-bond acceptors (Lipinski definition) is 3. The summed E-state index contributed by atoms with van der Waals surface area (Å²) in [5.41, 5.74) is 12.0. The molecule has 4 nitrogen and oxygen atoms in total. The van der Waals surface area contributed by atoms with Gasteiger partial charge in [-0.25, -0.2) is 4.98 Å². The maximum Gasteiger partial charge on any atom is 0.254 e. The van der Waals surface area contributed by atoms with Crippen LogP contribution in [-0.4, -0.2) is 34.9 Å². The number of nitrogens with zero attached hydrogens (tertiary/aromatic N) is 2. The smallest absolute Gasteiger partial charge is 0.254 e. The zero-order valence-corrected chi connectivity index (χ0v) is 17.5. The van der Waals surface area contributed by atoms with E-state index in [1.807, 2.05) is 42.2 Å². The minimum atomic E-state index is 0.0833. The zero-order valence-electron chi connectivity index (χ0n) is 17.5. The summed E-state index contributed by atoms with van der Waals surface area (Å²) < 4.78 is 0. The molecule has 0 saturated carbocycles. The van der Waals surface area contributed by atoms with Crippen LogP contribution in [0.2, 0.25) is 0 Å². The minimum Gasteiger partial charge on any atom is -0.338 e. The number of fused-ring (bicyclic) bond motifs is 1. The molecule has 1 amide bonds.